The first-order valence-corrected chi connectivity index (χ1v) is 7.18. The van der Waals surface area contributed by atoms with E-state index in [2.05, 4.69) is 10.5 Å². The molecule has 0 radical (unpaired) electrons. The average Bonchev–Trinajstić information content (AvgIpc) is 2.92. The van der Waals surface area contributed by atoms with Crippen molar-refractivity contribution in [2.45, 2.75) is 0 Å². The van der Waals surface area contributed by atoms with Crippen LogP contribution in [0.1, 0.15) is 15.9 Å². The third-order valence-electron chi connectivity index (χ3n) is 3.60. The van der Waals surface area contributed by atoms with Crippen molar-refractivity contribution < 1.29 is 9.72 Å². The summed E-state index contributed by atoms with van der Waals surface area (Å²) < 4.78 is 1.87. The van der Waals surface area contributed by atoms with Gasteiger partial charge in [-0.2, -0.15) is 5.10 Å². The molecule has 0 fully saturated rings. The van der Waals surface area contributed by atoms with Crippen LogP contribution in [-0.2, 0) is 7.05 Å². The number of benzene rings is 2. The molecule has 1 heterocycles. The van der Waals surface area contributed by atoms with E-state index in [1.54, 1.807) is 18.3 Å². The van der Waals surface area contributed by atoms with E-state index in [1.165, 1.54) is 18.3 Å². The van der Waals surface area contributed by atoms with Crippen LogP contribution in [0.3, 0.4) is 0 Å². The van der Waals surface area contributed by atoms with Crippen LogP contribution < -0.4 is 5.43 Å². The number of aromatic nitrogens is 1. The van der Waals surface area contributed by atoms with Gasteiger partial charge in [0, 0.05) is 41.8 Å². The molecule has 0 atom stereocenters. The average molecular weight is 322 g/mol. The molecule has 1 aromatic heterocycles. The van der Waals surface area contributed by atoms with Crippen molar-refractivity contribution in [2.75, 3.05) is 0 Å². The molecular weight excluding hydrogens is 308 g/mol. The maximum absolute atomic E-state index is 12.3. The molecular formula is C17H14N4O3. The van der Waals surface area contributed by atoms with E-state index in [0.29, 0.717) is 11.1 Å². The van der Waals surface area contributed by atoms with E-state index in [4.69, 9.17) is 0 Å². The zero-order valence-corrected chi connectivity index (χ0v) is 12.8. The van der Waals surface area contributed by atoms with Gasteiger partial charge in [0.2, 0.25) is 0 Å². The topological polar surface area (TPSA) is 89.5 Å². The van der Waals surface area contributed by atoms with E-state index < -0.39 is 4.92 Å². The van der Waals surface area contributed by atoms with Gasteiger partial charge in [0.1, 0.15) is 0 Å². The van der Waals surface area contributed by atoms with E-state index >= 15 is 0 Å². The van der Waals surface area contributed by atoms with E-state index in [9.17, 15) is 14.9 Å². The van der Waals surface area contributed by atoms with Crippen molar-refractivity contribution in [1.29, 1.82) is 0 Å². The number of rotatable bonds is 4. The molecule has 0 aliphatic rings. The fraction of sp³-hybridized carbons (Fsp3) is 0.0588. The number of nitrogens with zero attached hydrogens (tertiary/aromatic N) is 3. The molecule has 3 aromatic rings. The van der Waals surface area contributed by atoms with Gasteiger partial charge >= 0.3 is 0 Å². The lowest BCUT2D eigenvalue weighted by molar-refractivity contribution is -0.384. The molecule has 120 valence electrons. The smallest absolute Gasteiger partial charge is 0.273 e. The van der Waals surface area contributed by atoms with Crippen LogP contribution >= 0.6 is 0 Å². The van der Waals surface area contributed by atoms with Gasteiger partial charge in [0.05, 0.1) is 16.7 Å². The number of hydrogen-bond acceptors (Lipinski definition) is 4. The number of carbonyl (C=O) groups is 1. The van der Waals surface area contributed by atoms with Crippen LogP contribution in [-0.4, -0.2) is 21.6 Å². The fourth-order valence-electron chi connectivity index (χ4n) is 2.47. The lowest BCUT2D eigenvalue weighted by Crippen LogP contribution is -2.17. The number of nitro groups is 1. The highest BCUT2D eigenvalue weighted by Crippen LogP contribution is 2.20. The number of fused-ring (bicyclic) bond motifs is 1. The number of para-hydroxylation sites is 1. The van der Waals surface area contributed by atoms with Crippen LogP contribution in [0.5, 0.6) is 0 Å². The van der Waals surface area contributed by atoms with Gasteiger partial charge in [-0.3, -0.25) is 14.9 Å². The Morgan fingerprint density at radius 1 is 1.25 bits per heavy atom. The summed E-state index contributed by atoms with van der Waals surface area (Å²) in [7, 11) is 1.87. The Labute approximate surface area is 137 Å². The normalized spacial score (nSPS) is 11.0. The zero-order chi connectivity index (χ0) is 17.1. The van der Waals surface area contributed by atoms with Crippen LogP contribution in [0, 0.1) is 10.1 Å². The van der Waals surface area contributed by atoms with E-state index in [1.807, 2.05) is 35.9 Å². The van der Waals surface area contributed by atoms with Crippen molar-refractivity contribution in [2.24, 2.45) is 12.1 Å². The number of nitrogens with one attached hydrogen (secondary N) is 1. The number of hydrazone groups is 1. The summed E-state index contributed by atoms with van der Waals surface area (Å²) >= 11 is 0. The molecule has 7 nitrogen and oxygen atoms in total. The maximum atomic E-state index is 12.3. The first-order valence-electron chi connectivity index (χ1n) is 7.18. The highest BCUT2D eigenvalue weighted by molar-refractivity contribution is 6.07. The summed E-state index contributed by atoms with van der Waals surface area (Å²) in [5.74, 6) is -0.339. The number of non-ortho nitro benzene ring substituents is 1. The summed E-state index contributed by atoms with van der Waals surface area (Å²) in [4.78, 5) is 22.5. The molecule has 7 heteroatoms. The Kier molecular flexibility index (Phi) is 4.07. The number of hydrogen-bond donors (Lipinski definition) is 1. The highest BCUT2D eigenvalue weighted by Gasteiger charge is 2.12. The van der Waals surface area contributed by atoms with Gasteiger partial charge < -0.3 is 4.57 Å². The van der Waals surface area contributed by atoms with Crippen molar-refractivity contribution in [3.8, 4) is 0 Å². The summed E-state index contributed by atoms with van der Waals surface area (Å²) in [5, 5.41) is 15.5. The second kappa shape index (κ2) is 6.33. The van der Waals surface area contributed by atoms with Crippen LogP contribution in [0.25, 0.3) is 10.9 Å². The second-order valence-electron chi connectivity index (χ2n) is 5.22. The summed E-state index contributed by atoms with van der Waals surface area (Å²) in [6, 6.07) is 13.6. The Balaban J connectivity index is 1.77. The molecule has 0 bridgehead atoms. The van der Waals surface area contributed by atoms with Crippen molar-refractivity contribution in [1.82, 2.24) is 9.99 Å². The predicted molar refractivity (Wildman–Crippen MR) is 91.1 cm³/mol. The largest absolute Gasteiger partial charge is 0.350 e. The van der Waals surface area contributed by atoms with E-state index in [-0.39, 0.29) is 11.6 Å². The standard InChI is InChI=1S/C17H14N4O3/c1-20-11-15(14-7-2-3-8-16(14)20)17(22)19-18-10-12-5-4-6-13(9-12)21(23)24/h2-11H,1H3,(H,19,22)/b18-10-. The van der Waals surface area contributed by atoms with Gasteiger partial charge in [-0.1, -0.05) is 30.3 Å². The van der Waals surface area contributed by atoms with Gasteiger partial charge in [-0.05, 0) is 6.07 Å². The Bertz CT molecular complexity index is 959. The summed E-state index contributed by atoms with van der Waals surface area (Å²) in [5.41, 5.74) is 4.42. The van der Waals surface area contributed by atoms with Crippen molar-refractivity contribution in [3.63, 3.8) is 0 Å². The molecule has 24 heavy (non-hydrogen) atoms. The maximum Gasteiger partial charge on any atom is 0.273 e. The third kappa shape index (κ3) is 3.00. The molecule has 0 saturated heterocycles. The molecule has 1 N–H and O–H groups in total. The first-order chi connectivity index (χ1) is 11.6. The molecule has 0 aliphatic heterocycles. The quantitative estimate of drug-likeness (QED) is 0.455. The minimum atomic E-state index is -0.480. The van der Waals surface area contributed by atoms with Gasteiger partial charge in [-0.25, -0.2) is 5.43 Å². The van der Waals surface area contributed by atoms with Crippen LogP contribution in [0.2, 0.25) is 0 Å². The lowest BCUT2D eigenvalue weighted by atomic mass is 10.2. The molecule has 0 saturated carbocycles. The van der Waals surface area contributed by atoms with Gasteiger partial charge in [-0.15, -0.1) is 0 Å². The van der Waals surface area contributed by atoms with Crippen LogP contribution in [0.15, 0.2) is 59.8 Å². The Morgan fingerprint density at radius 3 is 2.83 bits per heavy atom. The van der Waals surface area contributed by atoms with Gasteiger partial charge in [0.15, 0.2) is 0 Å². The zero-order valence-electron chi connectivity index (χ0n) is 12.8. The number of carbonyl (C=O) groups excluding carboxylic acids is 1. The van der Waals surface area contributed by atoms with E-state index in [0.717, 1.165) is 10.9 Å². The molecule has 2 aromatic carbocycles. The Morgan fingerprint density at radius 2 is 2.04 bits per heavy atom. The molecule has 3 rings (SSSR count). The molecule has 0 aliphatic carbocycles. The SMILES string of the molecule is Cn1cc(C(=O)N/N=C\c2cccc([N+](=O)[O-])c2)c2ccccc21. The summed E-state index contributed by atoms with van der Waals surface area (Å²) in [6.07, 6.45) is 3.11. The second-order valence-corrected chi connectivity index (χ2v) is 5.22. The fourth-order valence-corrected chi connectivity index (χ4v) is 2.47. The van der Waals surface area contributed by atoms with Crippen LogP contribution in [0.4, 0.5) is 5.69 Å². The lowest BCUT2D eigenvalue weighted by Gasteiger charge is -1.98. The predicted octanol–water partition coefficient (Wildman–Crippen LogP) is 2.85. The van der Waals surface area contributed by atoms with Crippen molar-refractivity contribution >= 4 is 28.7 Å². The number of amides is 1. The highest BCUT2D eigenvalue weighted by atomic mass is 16.6. The minimum Gasteiger partial charge on any atom is -0.350 e. The van der Waals surface area contributed by atoms with Crippen molar-refractivity contribution in [3.05, 3.63) is 76.0 Å². The number of nitro benzene ring substituents is 1. The molecule has 1 amide bonds. The number of aryl methyl sites for hydroxylation is 1. The third-order valence-corrected chi connectivity index (χ3v) is 3.60. The Hall–Kier alpha value is -3.48. The first kappa shape index (κ1) is 15.4. The van der Waals surface area contributed by atoms with Gasteiger partial charge in [0.25, 0.3) is 11.6 Å². The monoisotopic (exact) mass is 322 g/mol. The molecule has 0 unspecified atom stereocenters. The minimum absolute atomic E-state index is 0.0284. The summed E-state index contributed by atoms with van der Waals surface area (Å²) in [6.45, 7) is 0. The molecule has 0 spiro atoms.